The summed E-state index contributed by atoms with van der Waals surface area (Å²) in [5.41, 5.74) is 0. The van der Waals surface area contributed by atoms with Crippen LogP contribution in [0.15, 0.2) is 9.52 Å². The van der Waals surface area contributed by atoms with Gasteiger partial charge in [-0.15, -0.1) is 24.0 Å². The maximum Gasteiger partial charge on any atom is 0.246 e. The Morgan fingerprint density at radius 2 is 2.12 bits per heavy atom. The van der Waals surface area contributed by atoms with E-state index in [1.807, 2.05) is 0 Å². The largest absolute Gasteiger partial charge is 0.356 e. The van der Waals surface area contributed by atoms with Crippen LogP contribution >= 0.6 is 24.0 Å². The van der Waals surface area contributed by atoms with Crippen molar-refractivity contribution in [1.29, 1.82) is 0 Å². The van der Waals surface area contributed by atoms with Crippen LogP contribution in [0, 0.1) is 12.8 Å². The van der Waals surface area contributed by atoms with Gasteiger partial charge in [0.2, 0.25) is 5.89 Å². The van der Waals surface area contributed by atoms with Gasteiger partial charge in [-0.25, -0.2) is 0 Å². The molecule has 2 N–H and O–H groups in total. The van der Waals surface area contributed by atoms with Crippen LogP contribution in [0.25, 0.3) is 0 Å². The molecule has 0 amide bonds. The number of aliphatic imine (C=N–C) groups is 1. The smallest absolute Gasteiger partial charge is 0.246 e. The number of hydrogen-bond donors (Lipinski definition) is 2. The number of aromatic nitrogens is 2. The van der Waals surface area contributed by atoms with Crippen LogP contribution in [0.1, 0.15) is 25.6 Å². The molecule has 1 aromatic heterocycles. The maximum atomic E-state index is 4.98. The van der Waals surface area contributed by atoms with E-state index in [9.17, 15) is 0 Å². The number of nitrogens with zero attached hydrogens (tertiary/aromatic N) is 3. The highest BCUT2D eigenvalue weighted by molar-refractivity contribution is 14.0. The van der Waals surface area contributed by atoms with Crippen LogP contribution in [0.2, 0.25) is 0 Å². The lowest BCUT2D eigenvalue weighted by atomic mass is 10.2. The summed E-state index contributed by atoms with van der Waals surface area (Å²) in [5, 5.41) is 10.0. The van der Waals surface area contributed by atoms with Gasteiger partial charge in [-0.3, -0.25) is 4.99 Å². The lowest BCUT2D eigenvalue weighted by molar-refractivity contribution is 0.371. The molecule has 0 fully saturated rings. The van der Waals surface area contributed by atoms with E-state index in [-0.39, 0.29) is 24.0 Å². The van der Waals surface area contributed by atoms with Crippen molar-refractivity contribution >= 4 is 29.9 Å². The standard InChI is InChI=1S/C10H19N5O.HI/c1-7(2)5-12-10(11-4)13-6-9-14-8(3)15-16-9;/h7H,5-6H2,1-4H3,(H2,11,12,13);1H. The minimum Gasteiger partial charge on any atom is -0.356 e. The number of halogens is 1. The third-order valence-corrected chi connectivity index (χ3v) is 1.88. The summed E-state index contributed by atoms with van der Waals surface area (Å²) < 4.78 is 4.98. The molecule has 0 radical (unpaired) electrons. The molecule has 0 aliphatic rings. The Morgan fingerprint density at radius 3 is 2.59 bits per heavy atom. The van der Waals surface area contributed by atoms with Gasteiger partial charge >= 0.3 is 0 Å². The molecule has 0 aliphatic carbocycles. The molecule has 0 atom stereocenters. The summed E-state index contributed by atoms with van der Waals surface area (Å²) in [6.45, 7) is 7.43. The molecule has 0 saturated heterocycles. The minimum absolute atomic E-state index is 0. The van der Waals surface area contributed by atoms with E-state index in [0.29, 0.717) is 24.2 Å². The van der Waals surface area contributed by atoms with E-state index in [1.165, 1.54) is 0 Å². The highest BCUT2D eigenvalue weighted by Gasteiger charge is 2.04. The number of nitrogens with one attached hydrogen (secondary N) is 2. The van der Waals surface area contributed by atoms with E-state index in [0.717, 1.165) is 12.5 Å². The molecule has 0 saturated carbocycles. The average molecular weight is 353 g/mol. The zero-order chi connectivity index (χ0) is 12.0. The fourth-order valence-corrected chi connectivity index (χ4v) is 1.09. The van der Waals surface area contributed by atoms with E-state index < -0.39 is 0 Å². The Balaban J connectivity index is 0.00000256. The van der Waals surface area contributed by atoms with E-state index in [4.69, 9.17) is 4.52 Å². The van der Waals surface area contributed by atoms with Crippen LogP contribution in [0.3, 0.4) is 0 Å². The summed E-state index contributed by atoms with van der Waals surface area (Å²) >= 11 is 0. The second-order valence-corrected chi connectivity index (χ2v) is 3.94. The van der Waals surface area contributed by atoms with E-state index >= 15 is 0 Å². The van der Waals surface area contributed by atoms with Crippen molar-refractivity contribution in [3.63, 3.8) is 0 Å². The molecule has 6 nitrogen and oxygen atoms in total. The topological polar surface area (TPSA) is 75.3 Å². The summed E-state index contributed by atoms with van der Waals surface area (Å²) in [7, 11) is 1.73. The monoisotopic (exact) mass is 353 g/mol. The zero-order valence-electron chi connectivity index (χ0n) is 10.6. The first kappa shape index (κ1) is 16.1. The lowest BCUT2D eigenvalue weighted by Crippen LogP contribution is -2.38. The molecular formula is C10H20IN5O. The summed E-state index contributed by atoms with van der Waals surface area (Å²) in [6.07, 6.45) is 0. The second kappa shape index (κ2) is 8.26. The summed E-state index contributed by atoms with van der Waals surface area (Å²) in [4.78, 5) is 8.18. The molecule has 98 valence electrons. The molecule has 1 rings (SSSR count). The highest BCUT2D eigenvalue weighted by atomic mass is 127. The van der Waals surface area contributed by atoms with Gasteiger partial charge in [-0.2, -0.15) is 4.98 Å². The van der Waals surface area contributed by atoms with Gasteiger partial charge in [-0.1, -0.05) is 19.0 Å². The van der Waals surface area contributed by atoms with Crippen molar-refractivity contribution in [3.05, 3.63) is 11.7 Å². The first-order chi connectivity index (χ1) is 7.61. The van der Waals surface area contributed by atoms with E-state index in [1.54, 1.807) is 14.0 Å². The first-order valence-electron chi connectivity index (χ1n) is 5.35. The van der Waals surface area contributed by atoms with Crippen molar-refractivity contribution in [2.45, 2.75) is 27.3 Å². The molecule has 17 heavy (non-hydrogen) atoms. The van der Waals surface area contributed by atoms with Crippen LogP contribution in [-0.4, -0.2) is 29.7 Å². The maximum absolute atomic E-state index is 4.98. The van der Waals surface area contributed by atoms with Crippen molar-refractivity contribution < 1.29 is 4.52 Å². The Morgan fingerprint density at radius 1 is 1.41 bits per heavy atom. The molecule has 0 spiro atoms. The Hall–Kier alpha value is -0.860. The number of aryl methyl sites for hydroxylation is 1. The quantitative estimate of drug-likeness (QED) is 0.485. The molecule has 0 aromatic carbocycles. The molecule has 0 aliphatic heterocycles. The SMILES string of the molecule is CN=C(NCc1nc(C)no1)NCC(C)C.I. The van der Waals surface area contributed by atoms with Gasteiger partial charge in [0.15, 0.2) is 11.8 Å². The first-order valence-corrected chi connectivity index (χ1v) is 5.35. The molecule has 7 heteroatoms. The van der Waals surface area contributed by atoms with E-state index in [2.05, 4.69) is 39.6 Å². The highest BCUT2D eigenvalue weighted by Crippen LogP contribution is 1.94. The van der Waals surface area contributed by atoms with Crippen LogP contribution in [-0.2, 0) is 6.54 Å². The predicted molar refractivity (Wildman–Crippen MR) is 77.5 cm³/mol. The third kappa shape index (κ3) is 6.44. The second-order valence-electron chi connectivity index (χ2n) is 3.94. The van der Waals surface area contributed by atoms with Gasteiger partial charge in [-0.05, 0) is 12.8 Å². The predicted octanol–water partition coefficient (Wildman–Crippen LogP) is 1.32. The number of rotatable bonds is 4. The average Bonchev–Trinajstić information content (AvgIpc) is 2.64. The summed E-state index contributed by atoms with van der Waals surface area (Å²) in [5.74, 6) is 2.51. The van der Waals surface area contributed by atoms with Crippen molar-refractivity contribution in [1.82, 2.24) is 20.8 Å². The van der Waals surface area contributed by atoms with Gasteiger partial charge in [0.05, 0.1) is 6.54 Å². The van der Waals surface area contributed by atoms with Gasteiger partial charge in [0.1, 0.15) is 0 Å². The fourth-order valence-electron chi connectivity index (χ4n) is 1.09. The van der Waals surface area contributed by atoms with Crippen molar-refractivity contribution in [2.75, 3.05) is 13.6 Å². The van der Waals surface area contributed by atoms with Crippen LogP contribution < -0.4 is 10.6 Å². The van der Waals surface area contributed by atoms with Crippen molar-refractivity contribution in [2.24, 2.45) is 10.9 Å². The third-order valence-electron chi connectivity index (χ3n) is 1.88. The number of guanidine groups is 1. The normalized spacial score (nSPS) is 11.2. The van der Waals surface area contributed by atoms with Crippen LogP contribution in [0.5, 0.6) is 0 Å². The zero-order valence-corrected chi connectivity index (χ0v) is 13.0. The minimum atomic E-state index is 0. The van der Waals surface area contributed by atoms with Gasteiger partial charge in [0.25, 0.3) is 0 Å². The molecule has 1 aromatic rings. The van der Waals surface area contributed by atoms with Crippen molar-refractivity contribution in [3.8, 4) is 0 Å². The molecule has 1 heterocycles. The van der Waals surface area contributed by atoms with Gasteiger partial charge in [0, 0.05) is 13.6 Å². The summed E-state index contributed by atoms with van der Waals surface area (Å²) in [6, 6.07) is 0. The Bertz CT molecular complexity index is 350. The number of hydrogen-bond acceptors (Lipinski definition) is 4. The molecular weight excluding hydrogens is 333 g/mol. The molecule has 0 bridgehead atoms. The fraction of sp³-hybridized carbons (Fsp3) is 0.700. The van der Waals surface area contributed by atoms with Crippen LogP contribution in [0.4, 0.5) is 0 Å². The van der Waals surface area contributed by atoms with Gasteiger partial charge < -0.3 is 15.2 Å². The Kier molecular flexibility index (Phi) is 7.85. The molecule has 0 unspecified atom stereocenters. The lowest BCUT2D eigenvalue weighted by Gasteiger charge is -2.11. The Labute approximate surface area is 119 Å².